The van der Waals surface area contributed by atoms with Crippen molar-refractivity contribution in [2.24, 2.45) is 11.8 Å². The van der Waals surface area contributed by atoms with Crippen LogP contribution < -0.4 is 5.32 Å². The van der Waals surface area contributed by atoms with Gasteiger partial charge in [-0.2, -0.15) is 0 Å². The summed E-state index contributed by atoms with van der Waals surface area (Å²) in [7, 11) is 0. The molecule has 4 nitrogen and oxygen atoms in total. The predicted octanol–water partition coefficient (Wildman–Crippen LogP) is 3.21. The topological polar surface area (TPSA) is 66.4 Å². The lowest BCUT2D eigenvalue weighted by molar-refractivity contribution is -0.146. The van der Waals surface area contributed by atoms with E-state index in [9.17, 15) is 14.7 Å². The molecule has 0 spiro atoms. The zero-order valence-electron chi connectivity index (χ0n) is 11.1. The van der Waals surface area contributed by atoms with Gasteiger partial charge < -0.3 is 10.4 Å². The molecule has 106 valence electrons. The highest BCUT2D eigenvalue weighted by atomic mass is 127. The summed E-state index contributed by atoms with van der Waals surface area (Å²) in [5.74, 6) is -2.27. The van der Waals surface area contributed by atoms with Crippen LogP contribution in [-0.4, -0.2) is 17.0 Å². The summed E-state index contributed by atoms with van der Waals surface area (Å²) in [5, 5.41) is 12.0. The number of carboxylic acids is 1. The zero-order chi connectivity index (χ0) is 14.7. The Bertz CT molecular complexity index is 568. The van der Waals surface area contributed by atoms with Crippen molar-refractivity contribution in [3.8, 4) is 0 Å². The fraction of sp³-hybridized carbons (Fsp3) is 0.333. The van der Waals surface area contributed by atoms with Crippen LogP contribution in [0, 0.1) is 22.3 Å². The van der Waals surface area contributed by atoms with E-state index in [1.807, 2.05) is 37.3 Å². The van der Waals surface area contributed by atoms with Crippen LogP contribution in [-0.2, 0) is 9.59 Å². The number of carbonyl (C=O) groups excluding carboxylic acids is 1. The Morgan fingerprint density at radius 3 is 2.50 bits per heavy atom. The first-order valence-corrected chi connectivity index (χ1v) is 7.51. The van der Waals surface area contributed by atoms with Crippen molar-refractivity contribution >= 4 is 40.2 Å². The summed E-state index contributed by atoms with van der Waals surface area (Å²) < 4.78 is 1.07. The minimum atomic E-state index is -0.909. The van der Waals surface area contributed by atoms with Gasteiger partial charge in [-0.3, -0.25) is 9.59 Å². The van der Waals surface area contributed by atoms with E-state index in [1.54, 1.807) is 0 Å². The molecule has 2 atom stereocenters. The number of aryl methyl sites for hydroxylation is 1. The van der Waals surface area contributed by atoms with Gasteiger partial charge in [-0.15, -0.1) is 0 Å². The van der Waals surface area contributed by atoms with Crippen molar-refractivity contribution in [3.05, 3.63) is 39.5 Å². The van der Waals surface area contributed by atoms with E-state index in [2.05, 4.69) is 27.9 Å². The maximum atomic E-state index is 12.3. The van der Waals surface area contributed by atoms with E-state index in [-0.39, 0.29) is 5.91 Å². The molecule has 2 N–H and O–H groups in total. The number of hydrogen-bond acceptors (Lipinski definition) is 2. The third kappa shape index (κ3) is 3.39. The zero-order valence-corrected chi connectivity index (χ0v) is 13.3. The molecule has 0 saturated carbocycles. The Labute approximate surface area is 131 Å². The molecular formula is C15H16INO3. The van der Waals surface area contributed by atoms with Gasteiger partial charge in [0.05, 0.1) is 11.8 Å². The highest BCUT2D eigenvalue weighted by Gasteiger charge is 2.33. The Kier molecular flexibility index (Phi) is 4.80. The first-order chi connectivity index (χ1) is 9.49. The van der Waals surface area contributed by atoms with Gasteiger partial charge in [-0.05, 0) is 60.1 Å². The fourth-order valence-electron chi connectivity index (χ4n) is 2.28. The maximum Gasteiger partial charge on any atom is 0.307 e. The number of benzene rings is 1. The Morgan fingerprint density at radius 1 is 1.25 bits per heavy atom. The van der Waals surface area contributed by atoms with Crippen LogP contribution >= 0.6 is 22.6 Å². The number of hydrogen-bond donors (Lipinski definition) is 2. The number of rotatable bonds is 3. The van der Waals surface area contributed by atoms with Crippen LogP contribution in [0.5, 0.6) is 0 Å². The summed E-state index contributed by atoms with van der Waals surface area (Å²) in [4.78, 5) is 23.5. The van der Waals surface area contributed by atoms with Gasteiger partial charge in [-0.25, -0.2) is 0 Å². The molecule has 0 heterocycles. The summed E-state index contributed by atoms with van der Waals surface area (Å²) in [5.41, 5.74) is 1.86. The second-order valence-corrected chi connectivity index (χ2v) is 6.11. The lowest BCUT2D eigenvalue weighted by atomic mass is 9.82. The van der Waals surface area contributed by atoms with Gasteiger partial charge in [0, 0.05) is 9.26 Å². The van der Waals surface area contributed by atoms with Gasteiger partial charge in [0.15, 0.2) is 0 Å². The van der Waals surface area contributed by atoms with E-state index < -0.39 is 17.8 Å². The molecule has 1 aromatic carbocycles. The average Bonchev–Trinajstić information content (AvgIpc) is 2.43. The molecular weight excluding hydrogens is 369 g/mol. The predicted molar refractivity (Wildman–Crippen MR) is 85.5 cm³/mol. The summed E-state index contributed by atoms with van der Waals surface area (Å²) in [6.07, 6.45) is 4.60. The number of carboxylic acid groups (broad SMARTS) is 1. The minimum Gasteiger partial charge on any atom is -0.481 e. The van der Waals surface area contributed by atoms with Gasteiger partial charge in [0.2, 0.25) is 5.91 Å². The first-order valence-electron chi connectivity index (χ1n) is 6.44. The lowest BCUT2D eigenvalue weighted by Gasteiger charge is -2.24. The monoisotopic (exact) mass is 385 g/mol. The normalized spacial score (nSPS) is 21.5. The van der Waals surface area contributed by atoms with E-state index in [0.29, 0.717) is 18.5 Å². The van der Waals surface area contributed by atoms with Crippen LogP contribution in [0.25, 0.3) is 0 Å². The average molecular weight is 385 g/mol. The largest absolute Gasteiger partial charge is 0.481 e. The molecule has 0 aliphatic heterocycles. The number of allylic oxidation sites excluding steroid dienone is 2. The molecule has 1 aliphatic rings. The molecule has 1 amide bonds. The number of aliphatic carboxylic acids is 1. The van der Waals surface area contributed by atoms with Crippen molar-refractivity contribution in [3.63, 3.8) is 0 Å². The van der Waals surface area contributed by atoms with Gasteiger partial charge >= 0.3 is 5.97 Å². The van der Waals surface area contributed by atoms with Crippen molar-refractivity contribution < 1.29 is 14.7 Å². The maximum absolute atomic E-state index is 12.3. The van der Waals surface area contributed by atoms with Gasteiger partial charge in [0.1, 0.15) is 0 Å². The number of halogens is 1. The molecule has 0 radical (unpaired) electrons. The SMILES string of the molecule is Cc1ccc(NC(=O)C2CC=CCC2C(=O)O)cc1I. The van der Waals surface area contributed by atoms with E-state index >= 15 is 0 Å². The molecule has 1 aromatic rings. The molecule has 0 aromatic heterocycles. The van der Waals surface area contributed by atoms with Crippen molar-refractivity contribution in [2.75, 3.05) is 5.32 Å². The smallest absolute Gasteiger partial charge is 0.307 e. The Morgan fingerprint density at radius 2 is 1.90 bits per heavy atom. The lowest BCUT2D eigenvalue weighted by Crippen LogP contribution is -2.34. The van der Waals surface area contributed by atoms with Gasteiger partial charge in [-0.1, -0.05) is 18.2 Å². The molecule has 2 unspecified atom stereocenters. The molecule has 0 saturated heterocycles. The molecule has 5 heteroatoms. The Hall–Kier alpha value is -1.37. The standard InChI is InChI=1S/C15H16INO3/c1-9-6-7-10(8-13(9)16)17-14(18)11-4-2-3-5-12(11)15(19)20/h2-3,6-8,11-12H,4-5H2,1H3,(H,17,18)(H,19,20). The molecule has 20 heavy (non-hydrogen) atoms. The van der Waals surface area contributed by atoms with E-state index in [4.69, 9.17) is 0 Å². The quantitative estimate of drug-likeness (QED) is 0.621. The second-order valence-electron chi connectivity index (χ2n) is 4.95. The molecule has 2 rings (SSSR count). The van der Waals surface area contributed by atoms with Crippen LogP contribution in [0.4, 0.5) is 5.69 Å². The van der Waals surface area contributed by atoms with Crippen molar-refractivity contribution in [2.45, 2.75) is 19.8 Å². The number of anilines is 1. The molecule has 0 fully saturated rings. The van der Waals surface area contributed by atoms with E-state index in [1.165, 1.54) is 0 Å². The van der Waals surface area contributed by atoms with Crippen LogP contribution in [0.1, 0.15) is 18.4 Å². The van der Waals surface area contributed by atoms with Crippen LogP contribution in [0.2, 0.25) is 0 Å². The van der Waals surface area contributed by atoms with Crippen LogP contribution in [0.15, 0.2) is 30.4 Å². The minimum absolute atomic E-state index is 0.221. The highest BCUT2D eigenvalue weighted by Crippen LogP contribution is 2.27. The number of carbonyl (C=O) groups is 2. The van der Waals surface area contributed by atoms with Crippen molar-refractivity contribution in [1.82, 2.24) is 0 Å². The van der Waals surface area contributed by atoms with Crippen LogP contribution in [0.3, 0.4) is 0 Å². The summed E-state index contributed by atoms with van der Waals surface area (Å²) in [6.45, 7) is 2.00. The van der Waals surface area contributed by atoms with Gasteiger partial charge in [0.25, 0.3) is 0 Å². The van der Waals surface area contributed by atoms with Crippen molar-refractivity contribution in [1.29, 1.82) is 0 Å². The number of amides is 1. The fourth-order valence-corrected chi connectivity index (χ4v) is 2.80. The highest BCUT2D eigenvalue weighted by molar-refractivity contribution is 14.1. The summed E-state index contributed by atoms with van der Waals surface area (Å²) in [6, 6.07) is 5.67. The Balaban J connectivity index is 2.12. The number of nitrogens with one attached hydrogen (secondary N) is 1. The second kappa shape index (κ2) is 6.39. The first kappa shape index (κ1) is 15.0. The molecule has 0 bridgehead atoms. The third-order valence-electron chi connectivity index (χ3n) is 3.53. The third-order valence-corrected chi connectivity index (χ3v) is 4.69. The van der Waals surface area contributed by atoms with E-state index in [0.717, 1.165) is 9.13 Å². The molecule has 1 aliphatic carbocycles. The summed E-state index contributed by atoms with van der Waals surface area (Å²) >= 11 is 2.21.